The van der Waals surface area contributed by atoms with Crippen molar-refractivity contribution in [3.63, 3.8) is 0 Å². The van der Waals surface area contributed by atoms with Crippen LogP contribution in [0.5, 0.6) is 5.75 Å². The van der Waals surface area contributed by atoms with Gasteiger partial charge in [-0.15, -0.1) is 0 Å². The summed E-state index contributed by atoms with van der Waals surface area (Å²) in [6.45, 7) is 6.23. The predicted molar refractivity (Wildman–Crippen MR) is 85.9 cm³/mol. The molecule has 1 aliphatic heterocycles. The number of aryl methyl sites for hydroxylation is 2. The summed E-state index contributed by atoms with van der Waals surface area (Å²) < 4.78 is 28.7. The first-order valence-electron chi connectivity index (χ1n) is 7.52. The molecule has 122 valence electrons. The molecule has 0 saturated carbocycles. The average Bonchev–Trinajstić information content (AvgIpc) is 2.78. The second kappa shape index (κ2) is 6.69. The van der Waals surface area contributed by atoms with Crippen LogP contribution in [0, 0.1) is 13.8 Å². The third-order valence-electron chi connectivity index (χ3n) is 3.99. The normalized spacial score (nSPS) is 19.9. The summed E-state index contributed by atoms with van der Waals surface area (Å²) in [4.78, 5) is 13.9. The molecule has 1 heterocycles. The van der Waals surface area contributed by atoms with Crippen LogP contribution in [0.15, 0.2) is 18.2 Å². The van der Waals surface area contributed by atoms with Gasteiger partial charge in [0.25, 0.3) is 5.91 Å². The summed E-state index contributed by atoms with van der Waals surface area (Å²) in [6, 6.07) is 5.58. The summed E-state index contributed by atoms with van der Waals surface area (Å²) in [5.41, 5.74) is 2.13. The van der Waals surface area contributed by atoms with Gasteiger partial charge in [-0.25, -0.2) is 8.42 Å². The number of carbonyl (C=O) groups excluding carboxylic acids is 1. The molecule has 0 aliphatic carbocycles. The van der Waals surface area contributed by atoms with Crippen molar-refractivity contribution in [3.05, 3.63) is 29.3 Å². The maximum Gasteiger partial charge on any atom is 0.260 e. The first-order chi connectivity index (χ1) is 10.3. The highest BCUT2D eigenvalue weighted by Gasteiger charge is 2.33. The van der Waals surface area contributed by atoms with Gasteiger partial charge in [-0.2, -0.15) is 0 Å². The lowest BCUT2D eigenvalue weighted by atomic mass is 10.1. The highest BCUT2D eigenvalue weighted by molar-refractivity contribution is 7.91. The third-order valence-corrected chi connectivity index (χ3v) is 5.74. The van der Waals surface area contributed by atoms with Crippen LogP contribution in [0.1, 0.15) is 24.5 Å². The molecule has 1 aromatic carbocycles. The van der Waals surface area contributed by atoms with Gasteiger partial charge in [-0.05, 0) is 38.8 Å². The fourth-order valence-electron chi connectivity index (χ4n) is 2.84. The van der Waals surface area contributed by atoms with Crippen LogP contribution >= 0.6 is 0 Å². The molecule has 0 radical (unpaired) electrons. The van der Waals surface area contributed by atoms with E-state index in [1.165, 1.54) is 0 Å². The summed E-state index contributed by atoms with van der Waals surface area (Å²) in [5.74, 6) is 0.758. The molecule has 1 fully saturated rings. The van der Waals surface area contributed by atoms with Crippen molar-refractivity contribution in [1.29, 1.82) is 0 Å². The first-order valence-corrected chi connectivity index (χ1v) is 9.34. The number of carbonyl (C=O) groups is 1. The first kappa shape index (κ1) is 16.8. The van der Waals surface area contributed by atoms with Crippen LogP contribution in [-0.4, -0.2) is 49.9 Å². The lowest BCUT2D eigenvalue weighted by Gasteiger charge is -2.26. The Balaban J connectivity index is 1.98. The van der Waals surface area contributed by atoms with E-state index in [1.807, 2.05) is 39.0 Å². The Morgan fingerprint density at radius 3 is 2.64 bits per heavy atom. The second-order valence-electron chi connectivity index (χ2n) is 5.79. The van der Waals surface area contributed by atoms with E-state index in [-0.39, 0.29) is 30.1 Å². The Bertz CT molecular complexity index is 654. The number of ether oxygens (including phenoxy) is 1. The average molecular weight is 325 g/mol. The van der Waals surface area contributed by atoms with Crippen molar-refractivity contribution in [3.8, 4) is 5.75 Å². The molecule has 0 unspecified atom stereocenters. The molecule has 1 saturated heterocycles. The van der Waals surface area contributed by atoms with Crippen molar-refractivity contribution in [2.45, 2.75) is 33.2 Å². The van der Waals surface area contributed by atoms with Gasteiger partial charge < -0.3 is 9.64 Å². The van der Waals surface area contributed by atoms with Gasteiger partial charge in [-0.1, -0.05) is 17.7 Å². The number of hydrogen-bond donors (Lipinski definition) is 0. The van der Waals surface area contributed by atoms with E-state index in [0.717, 1.165) is 11.1 Å². The van der Waals surface area contributed by atoms with Crippen LogP contribution in [0.25, 0.3) is 0 Å². The SMILES string of the molecule is CCN(C(=O)COc1ccc(C)cc1C)[C@@H]1CCS(=O)(=O)C1. The van der Waals surface area contributed by atoms with Crippen LogP contribution in [0.2, 0.25) is 0 Å². The lowest BCUT2D eigenvalue weighted by molar-refractivity contribution is -0.135. The zero-order valence-corrected chi connectivity index (χ0v) is 14.1. The van der Waals surface area contributed by atoms with Gasteiger partial charge in [0.1, 0.15) is 5.75 Å². The molecule has 0 spiro atoms. The van der Waals surface area contributed by atoms with Crippen LogP contribution in [0.3, 0.4) is 0 Å². The zero-order chi connectivity index (χ0) is 16.3. The van der Waals surface area contributed by atoms with Crippen molar-refractivity contribution < 1.29 is 17.9 Å². The molecule has 2 rings (SSSR count). The number of nitrogens with zero attached hydrogens (tertiary/aromatic N) is 1. The van der Waals surface area contributed by atoms with E-state index >= 15 is 0 Å². The number of sulfone groups is 1. The monoisotopic (exact) mass is 325 g/mol. The van der Waals surface area contributed by atoms with Gasteiger partial charge in [0.15, 0.2) is 16.4 Å². The smallest absolute Gasteiger partial charge is 0.260 e. The van der Waals surface area contributed by atoms with Gasteiger partial charge in [0.2, 0.25) is 0 Å². The molecule has 22 heavy (non-hydrogen) atoms. The van der Waals surface area contributed by atoms with E-state index in [2.05, 4.69) is 0 Å². The fourth-order valence-corrected chi connectivity index (χ4v) is 4.57. The van der Waals surface area contributed by atoms with Gasteiger partial charge in [0.05, 0.1) is 11.5 Å². The topological polar surface area (TPSA) is 63.7 Å². The zero-order valence-electron chi connectivity index (χ0n) is 13.3. The maximum absolute atomic E-state index is 12.3. The standard InChI is InChI=1S/C16H23NO4S/c1-4-17(14-7-8-22(19,20)11-14)16(18)10-21-15-6-5-12(2)9-13(15)3/h5-6,9,14H,4,7-8,10-11H2,1-3H3/t14-/m1/s1. The summed E-state index contributed by atoms with van der Waals surface area (Å²) in [5, 5.41) is 0. The van der Waals surface area contributed by atoms with Crippen LogP contribution in [0.4, 0.5) is 0 Å². The minimum atomic E-state index is -3.00. The number of likely N-dealkylation sites (N-methyl/N-ethyl adjacent to an activating group) is 1. The molecule has 1 aliphatic rings. The second-order valence-corrected chi connectivity index (χ2v) is 8.02. The van der Waals surface area contributed by atoms with E-state index in [4.69, 9.17) is 4.74 Å². The van der Waals surface area contributed by atoms with E-state index in [9.17, 15) is 13.2 Å². The summed E-state index contributed by atoms with van der Waals surface area (Å²) >= 11 is 0. The van der Waals surface area contributed by atoms with Gasteiger partial charge in [-0.3, -0.25) is 4.79 Å². The van der Waals surface area contributed by atoms with Crippen molar-refractivity contribution in [2.75, 3.05) is 24.7 Å². The summed E-state index contributed by atoms with van der Waals surface area (Å²) in [6.07, 6.45) is 0.519. The molecule has 1 aromatic rings. The minimum Gasteiger partial charge on any atom is -0.484 e. The highest BCUT2D eigenvalue weighted by Crippen LogP contribution is 2.20. The number of hydrogen-bond acceptors (Lipinski definition) is 4. The van der Waals surface area contributed by atoms with E-state index in [0.29, 0.717) is 18.7 Å². The molecule has 1 amide bonds. The molecule has 6 heteroatoms. The van der Waals surface area contributed by atoms with Gasteiger partial charge in [0, 0.05) is 12.6 Å². The summed E-state index contributed by atoms with van der Waals surface area (Å²) in [7, 11) is -3.00. The number of benzene rings is 1. The third kappa shape index (κ3) is 4.00. The Morgan fingerprint density at radius 2 is 2.09 bits per heavy atom. The quantitative estimate of drug-likeness (QED) is 0.827. The van der Waals surface area contributed by atoms with Crippen LogP contribution < -0.4 is 4.74 Å². The minimum absolute atomic E-state index is 0.0612. The van der Waals surface area contributed by atoms with Crippen molar-refractivity contribution in [1.82, 2.24) is 4.90 Å². The highest BCUT2D eigenvalue weighted by atomic mass is 32.2. The molecule has 0 aromatic heterocycles. The van der Waals surface area contributed by atoms with E-state index < -0.39 is 9.84 Å². The predicted octanol–water partition coefficient (Wildman–Crippen LogP) is 1.72. The van der Waals surface area contributed by atoms with E-state index in [1.54, 1.807) is 4.90 Å². The van der Waals surface area contributed by atoms with Crippen molar-refractivity contribution in [2.24, 2.45) is 0 Å². The molecule has 5 nitrogen and oxygen atoms in total. The van der Waals surface area contributed by atoms with Crippen LogP contribution in [-0.2, 0) is 14.6 Å². The van der Waals surface area contributed by atoms with Gasteiger partial charge >= 0.3 is 0 Å². The lowest BCUT2D eigenvalue weighted by Crippen LogP contribution is -2.43. The van der Waals surface area contributed by atoms with Crippen molar-refractivity contribution >= 4 is 15.7 Å². The number of amides is 1. The fraction of sp³-hybridized carbons (Fsp3) is 0.562. The molecular weight excluding hydrogens is 302 g/mol. The largest absolute Gasteiger partial charge is 0.484 e. The molecule has 1 atom stereocenters. The Morgan fingerprint density at radius 1 is 1.36 bits per heavy atom. The maximum atomic E-state index is 12.3. The molecule has 0 N–H and O–H groups in total. The molecular formula is C16H23NO4S. The number of rotatable bonds is 5. The Labute approximate surface area is 132 Å². The Kier molecular flexibility index (Phi) is 5.11. The Hall–Kier alpha value is -1.56. The molecule has 0 bridgehead atoms.